The number of hydrogen-bond acceptors (Lipinski definition) is 3. The molecule has 1 aromatic rings. The summed E-state index contributed by atoms with van der Waals surface area (Å²) in [5.41, 5.74) is 0. The third-order valence-electron chi connectivity index (χ3n) is 2.46. The van der Waals surface area contributed by atoms with E-state index in [1.54, 1.807) is 0 Å². The minimum Gasteiger partial charge on any atom is -0.382 e. The summed E-state index contributed by atoms with van der Waals surface area (Å²) in [6.07, 6.45) is 1.94. The summed E-state index contributed by atoms with van der Waals surface area (Å²) in [6.45, 7) is 9.01. The number of hydrogen-bond donors (Lipinski definition) is 0. The monoisotopic (exact) mass is 303 g/mol. The standard InChI is InChI=1S/C12H22BrN3O/c1-4-17-7-5-6-11-14-15-12(8-13)16(11)9-10(2)3/h10H,4-9H2,1-3H3. The Morgan fingerprint density at radius 1 is 1.29 bits per heavy atom. The molecule has 0 N–H and O–H groups in total. The summed E-state index contributed by atoms with van der Waals surface area (Å²) >= 11 is 3.46. The Hall–Kier alpha value is -0.420. The molecule has 4 nitrogen and oxygen atoms in total. The van der Waals surface area contributed by atoms with Crippen LogP contribution in [0.3, 0.4) is 0 Å². The van der Waals surface area contributed by atoms with Crippen molar-refractivity contribution in [2.75, 3.05) is 13.2 Å². The number of aromatic nitrogens is 3. The van der Waals surface area contributed by atoms with Gasteiger partial charge in [0.15, 0.2) is 0 Å². The van der Waals surface area contributed by atoms with Gasteiger partial charge in [-0.2, -0.15) is 0 Å². The molecule has 0 spiro atoms. The van der Waals surface area contributed by atoms with Gasteiger partial charge in [0.25, 0.3) is 0 Å². The Labute approximate surface area is 112 Å². The average molecular weight is 304 g/mol. The van der Waals surface area contributed by atoms with Gasteiger partial charge < -0.3 is 9.30 Å². The zero-order valence-corrected chi connectivity index (χ0v) is 12.5. The number of halogens is 1. The van der Waals surface area contributed by atoms with E-state index in [9.17, 15) is 0 Å². The van der Waals surface area contributed by atoms with E-state index in [-0.39, 0.29) is 0 Å². The molecule has 0 aliphatic heterocycles. The van der Waals surface area contributed by atoms with E-state index in [0.717, 1.165) is 49.6 Å². The van der Waals surface area contributed by atoms with Gasteiger partial charge in [-0.1, -0.05) is 29.8 Å². The highest BCUT2D eigenvalue weighted by molar-refractivity contribution is 9.08. The first-order chi connectivity index (χ1) is 8.19. The summed E-state index contributed by atoms with van der Waals surface area (Å²) in [4.78, 5) is 0. The summed E-state index contributed by atoms with van der Waals surface area (Å²) < 4.78 is 7.57. The van der Waals surface area contributed by atoms with Crippen LogP contribution in [0.1, 0.15) is 38.8 Å². The number of nitrogens with zero attached hydrogens (tertiary/aromatic N) is 3. The molecule has 1 aromatic heterocycles. The molecular weight excluding hydrogens is 282 g/mol. The predicted octanol–water partition coefficient (Wildman–Crippen LogP) is 2.80. The second-order valence-electron chi connectivity index (χ2n) is 4.47. The molecule has 0 radical (unpaired) electrons. The van der Waals surface area contributed by atoms with Crippen LogP contribution in [0, 0.1) is 5.92 Å². The van der Waals surface area contributed by atoms with Gasteiger partial charge >= 0.3 is 0 Å². The van der Waals surface area contributed by atoms with Crippen LogP contribution in [0.2, 0.25) is 0 Å². The van der Waals surface area contributed by atoms with E-state index in [1.165, 1.54) is 0 Å². The number of rotatable bonds is 8. The fourth-order valence-electron chi connectivity index (χ4n) is 1.71. The second-order valence-corrected chi connectivity index (χ2v) is 5.03. The van der Waals surface area contributed by atoms with Crippen molar-refractivity contribution >= 4 is 15.9 Å². The molecule has 0 fully saturated rings. The highest BCUT2D eigenvalue weighted by atomic mass is 79.9. The van der Waals surface area contributed by atoms with E-state index in [1.807, 2.05) is 6.92 Å². The minimum absolute atomic E-state index is 0.606. The van der Waals surface area contributed by atoms with Crippen LogP contribution in [0.15, 0.2) is 0 Å². The van der Waals surface area contributed by atoms with Gasteiger partial charge in [0.1, 0.15) is 11.6 Å². The first kappa shape index (κ1) is 14.6. The Morgan fingerprint density at radius 2 is 2.00 bits per heavy atom. The van der Waals surface area contributed by atoms with E-state index in [2.05, 4.69) is 44.5 Å². The van der Waals surface area contributed by atoms with Gasteiger partial charge in [0.05, 0.1) is 5.33 Å². The van der Waals surface area contributed by atoms with E-state index >= 15 is 0 Å². The zero-order chi connectivity index (χ0) is 12.7. The largest absolute Gasteiger partial charge is 0.382 e. The maximum atomic E-state index is 5.34. The van der Waals surface area contributed by atoms with Crippen molar-refractivity contribution in [3.8, 4) is 0 Å². The molecule has 0 aliphatic rings. The topological polar surface area (TPSA) is 39.9 Å². The second kappa shape index (κ2) is 7.82. The zero-order valence-electron chi connectivity index (χ0n) is 10.9. The van der Waals surface area contributed by atoms with Crippen molar-refractivity contribution in [1.82, 2.24) is 14.8 Å². The molecule has 0 amide bonds. The number of ether oxygens (including phenoxy) is 1. The molecule has 5 heteroatoms. The van der Waals surface area contributed by atoms with Crippen molar-refractivity contribution in [1.29, 1.82) is 0 Å². The number of aryl methyl sites for hydroxylation is 1. The van der Waals surface area contributed by atoms with E-state index in [0.29, 0.717) is 5.92 Å². The van der Waals surface area contributed by atoms with Crippen LogP contribution in [0.25, 0.3) is 0 Å². The molecule has 17 heavy (non-hydrogen) atoms. The smallest absolute Gasteiger partial charge is 0.143 e. The quantitative estimate of drug-likeness (QED) is 0.548. The van der Waals surface area contributed by atoms with Crippen LogP contribution >= 0.6 is 15.9 Å². The van der Waals surface area contributed by atoms with Gasteiger partial charge in [-0.3, -0.25) is 0 Å². The molecular formula is C12H22BrN3O. The van der Waals surface area contributed by atoms with Crippen molar-refractivity contribution in [2.24, 2.45) is 5.92 Å². The summed E-state index contributed by atoms with van der Waals surface area (Å²) in [7, 11) is 0. The maximum Gasteiger partial charge on any atom is 0.143 e. The van der Waals surface area contributed by atoms with Crippen LogP contribution in [-0.4, -0.2) is 28.0 Å². The van der Waals surface area contributed by atoms with Crippen molar-refractivity contribution < 1.29 is 4.74 Å². The Kier molecular flexibility index (Phi) is 6.73. The highest BCUT2D eigenvalue weighted by Gasteiger charge is 2.11. The molecule has 0 unspecified atom stereocenters. The summed E-state index contributed by atoms with van der Waals surface area (Å²) in [6, 6.07) is 0. The first-order valence-corrected chi connectivity index (χ1v) is 7.35. The normalized spacial score (nSPS) is 11.4. The van der Waals surface area contributed by atoms with Gasteiger partial charge in [-0.15, -0.1) is 10.2 Å². The Morgan fingerprint density at radius 3 is 2.59 bits per heavy atom. The SMILES string of the molecule is CCOCCCc1nnc(CBr)n1CC(C)C. The third-order valence-corrected chi connectivity index (χ3v) is 2.97. The van der Waals surface area contributed by atoms with Crippen molar-refractivity contribution in [3.05, 3.63) is 11.6 Å². The minimum atomic E-state index is 0.606. The molecule has 0 saturated heterocycles. The van der Waals surface area contributed by atoms with Crippen LogP contribution in [0.4, 0.5) is 0 Å². The fraction of sp³-hybridized carbons (Fsp3) is 0.833. The van der Waals surface area contributed by atoms with Crippen LogP contribution in [0.5, 0.6) is 0 Å². The summed E-state index contributed by atoms with van der Waals surface area (Å²) in [5, 5.41) is 9.24. The third kappa shape index (κ3) is 4.76. The lowest BCUT2D eigenvalue weighted by Crippen LogP contribution is -2.12. The van der Waals surface area contributed by atoms with Crippen molar-refractivity contribution in [2.45, 2.75) is 45.5 Å². The van der Waals surface area contributed by atoms with Gasteiger partial charge in [0, 0.05) is 26.2 Å². The van der Waals surface area contributed by atoms with E-state index < -0.39 is 0 Å². The lowest BCUT2D eigenvalue weighted by atomic mass is 10.2. The number of alkyl halides is 1. The van der Waals surface area contributed by atoms with Gasteiger partial charge in [-0.05, 0) is 19.3 Å². The van der Waals surface area contributed by atoms with E-state index in [4.69, 9.17) is 4.74 Å². The first-order valence-electron chi connectivity index (χ1n) is 6.23. The average Bonchev–Trinajstić information content (AvgIpc) is 2.66. The summed E-state index contributed by atoms with van der Waals surface area (Å²) in [5.74, 6) is 2.70. The molecule has 0 saturated carbocycles. The highest BCUT2D eigenvalue weighted by Crippen LogP contribution is 2.11. The molecule has 0 bridgehead atoms. The predicted molar refractivity (Wildman–Crippen MR) is 72.3 cm³/mol. The van der Waals surface area contributed by atoms with Crippen LogP contribution < -0.4 is 0 Å². The fourth-order valence-corrected chi connectivity index (χ4v) is 2.12. The van der Waals surface area contributed by atoms with Gasteiger partial charge in [-0.25, -0.2) is 0 Å². The Balaban J connectivity index is 2.60. The van der Waals surface area contributed by atoms with Crippen LogP contribution in [-0.2, 0) is 23.0 Å². The van der Waals surface area contributed by atoms with Crippen molar-refractivity contribution in [3.63, 3.8) is 0 Å². The molecule has 98 valence electrons. The molecule has 1 rings (SSSR count). The molecule has 1 heterocycles. The lowest BCUT2D eigenvalue weighted by Gasteiger charge is -2.11. The lowest BCUT2D eigenvalue weighted by molar-refractivity contribution is 0.144. The molecule has 0 atom stereocenters. The Bertz CT molecular complexity index is 326. The molecule has 0 aliphatic carbocycles. The van der Waals surface area contributed by atoms with Gasteiger partial charge in [0.2, 0.25) is 0 Å². The molecule has 0 aromatic carbocycles. The maximum absolute atomic E-state index is 5.34.